The Morgan fingerprint density at radius 2 is 1.72 bits per heavy atom. The fraction of sp³-hybridized carbons (Fsp3) is 0.625. The Labute approximate surface area is 117 Å². The molecule has 0 aliphatic carbocycles. The van der Waals surface area contributed by atoms with E-state index in [4.69, 9.17) is 5.73 Å². The maximum Gasteiger partial charge on any atom is 0.0184 e. The van der Waals surface area contributed by atoms with Crippen LogP contribution in [-0.4, -0.2) is 12.3 Å². The second-order valence-electron chi connectivity index (χ2n) is 6.02. The third-order valence-electron chi connectivity index (χ3n) is 3.25. The SMILES string of the molecule is Cc1cc(C)cc(CSCCCC(C)(C)CN)c1. The summed E-state index contributed by atoms with van der Waals surface area (Å²) in [7, 11) is 0. The van der Waals surface area contributed by atoms with E-state index >= 15 is 0 Å². The Hall–Kier alpha value is -0.470. The zero-order chi connectivity index (χ0) is 13.6. The molecule has 0 unspecified atom stereocenters. The average molecular weight is 265 g/mol. The van der Waals surface area contributed by atoms with E-state index in [0.29, 0.717) is 5.41 Å². The molecule has 102 valence electrons. The van der Waals surface area contributed by atoms with Crippen molar-refractivity contribution < 1.29 is 0 Å². The molecule has 0 spiro atoms. The monoisotopic (exact) mass is 265 g/mol. The topological polar surface area (TPSA) is 26.0 Å². The van der Waals surface area contributed by atoms with Gasteiger partial charge in [0.05, 0.1) is 0 Å². The van der Waals surface area contributed by atoms with Gasteiger partial charge in [-0.25, -0.2) is 0 Å². The number of aryl methyl sites for hydroxylation is 2. The Morgan fingerprint density at radius 1 is 1.11 bits per heavy atom. The molecule has 0 amide bonds. The van der Waals surface area contributed by atoms with Crippen molar-refractivity contribution in [1.29, 1.82) is 0 Å². The molecular formula is C16H27NS. The lowest BCUT2D eigenvalue weighted by Crippen LogP contribution is -2.23. The van der Waals surface area contributed by atoms with Gasteiger partial charge >= 0.3 is 0 Å². The number of hydrogen-bond acceptors (Lipinski definition) is 2. The standard InChI is InChI=1S/C16H27NS/c1-13-8-14(2)10-15(9-13)11-18-7-5-6-16(3,4)12-17/h8-10H,5-7,11-12,17H2,1-4H3. The van der Waals surface area contributed by atoms with Crippen molar-refractivity contribution in [2.45, 2.75) is 46.3 Å². The van der Waals surface area contributed by atoms with Gasteiger partial charge in [0.2, 0.25) is 0 Å². The van der Waals surface area contributed by atoms with Crippen LogP contribution in [0.5, 0.6) is 0 Å². The van der Waals surface area contributed by atoms with Crippen molar-refractivity contribution in [3.05, 3.63) is 34.9 Å². The summed E-state index contributed by atoms with van der Waals surface area (Å²) in [4.78, 5) is 0. The predicted octanol–water partition coefficient (Wildman–Crippen LogP) is 4.30. The van der Waals surface area contributed by atoms with Crippen LogP contribution in [0, 0.1) is 19.3 Å². The van der Waals surface area contributed by atoms with Gasteiger partial charge in [-0.2, -0.15) is 11.8 Å². The zero-order valence-electron chi connectivity index (χ0n) is 12.3. The minimum atomic E-state index is 0.306. The lowest BCUT2D eigenvalue weighted by atomic mass is 9.88. The van der Waals surface area contributed by atoms with Crippen LogP contribution in [0.1, 0.15) is 43.4 Å². The van der Waals surface area contributed by atoms with Gasteiger partial charge in [-0.1, -0.05) is 43.2 Å². The zero-order valence-corrected chi connectivity index (χ0v) is 13.1. The molecule has 0 aliphatic heterocycles. The van der Waals surface area contributed by atoms with Gasteiger partial charge in [-0.3, -0.25) is 0 Å². The smallest absolute Gasteiger partial charge is 0.0184 e. The first-order valence-corrected chi connectivity index (χ1v) is 7.93. The first-order valence-electron chi connectivity index (χ1n) is 6.78. The first kappa shape index (κ1) is 15.6. The van der Waals surface area contributed by atoms with Crippen molar-refractivity contribution in [2.75, 3.05) is 12.3 Å². The quantitative estimate of drug-likeness (QED) is 0.744. The molecule has 0 fully saturated rings. The van der Waals surface area contributed by atoms with Crippen molar-refractivity contribution in [2.24, 2.45) is 11.1 Å². The van der Waals surface area contributed by atoms with E-state index in [9.17, 15) is 0 Å². The van der Waals surface area contributed by atoms with Gasteiger partial charge in [0.15, 0.2) is 0 Å². The first-order chi connectivity index (χ1) is 8.43. The highest BCUT2D eigenvalue weighted by molar-refractivity contribution is 7.98. The number of thioether (sulfide) groups is 1. The van der Waals surface area contributed by atoms with Crippen LogP contribution in [0.2, 0.25) is 0 Å². The second-order valence-corrected chi connectivity index (χ2v) is 7.13. The van der Waals surface area contributed by atoms with Gasteiger partial charge in [-0.05, 0) is 50.0 Å². The highest BCUT2D eigenvalue weighted by Crippen LogP contribution is 2.23. The normalized spacial score (nSPS) is 11.8. The predicted molar refractivity (Wildman–Crippen MR) is 84.1 cm³/mol. The summed E-state index contributed by atoms with van der Waals surface area (Å²) in [5.41, 5.74) is 10.2. The van der Waals surface area contributed by atoms with Crippen molar-refractivity contribution in [3.8, 4) is 0 Å². The summed E-state index contributed by atoms with van der Waals surface area (Å²) in [6.45, 7) is 9.63. The van der Waals surface area contributed by atoms with E-state index in [2.05, 4.69) is 45.9 Å². The molecule has 0 aliphatic rings. The van der Waals surface area contributed by atoms with E-state index in [0.717, 1.165) is 12.3 Å². The molecule has 1 aromatic rings. The molecular weight excluding hydrogens is 238 g/mol. The Morgan fingerprint density at radius 3 is 2.28 bits per heavy atom. The Kier molecular flexibility index (Phi) is 6.24. The Balaban J connectivity index is 2.26. The highest BCUT2D eigenvalue weighted by atomic mass is 32.2. The van der Waals surface area contributed by atoms with Gasteiger partial charge < -0.3 is 5.73 Å². The van der Waals surface area contributed by atoms with Crippen molar-refractivity contribution >= 4 is 11.8 Å². The van der Waals surface area contributed by atoms with E-state index in [1.54, 1.807) is 0 Å². The van der Waals surface area contributed by atoms with Crippen LogP contribution in [0.25, 0.3) is 0 Å². The maximum absolute atomic E-state index is 5.74. The third-order valence-corrected chi connectivity index (χ3v) is 4.36. The third kappa shape index (κ3) is 5.92. The van der Waals surface area contributed by atoms with Gasteiger partial charge in [0, 0.05) is 5.75 Å². The molecule has 0 bridgehead atoms. The fourth-order valence-electron chi connectivity index (χ4n) is 2.10. The van der Waals surface area contributed by atoms with Crippen LogP contribution in [0.3, 0.4) is 0 Å². The van der Waals surface area contributed by atoms with E-state index in [-0.39, 0.29) is 0 Å². The number of rotatable bonds is 7. The summed E-state index contributed by atoms with van der Waals surface area (Å²) in [6.07, 6.45) is 2.49. The van der Waals surface area contributed by atoms with E-state index in [1.807, 2.05) is 11.8 Å². The molecule has 0 radical (unpaired) electrons. The lowest BCUT2D eigenvalue weighted by molar-refractivity contribution is 0.345. The molecule has 0 saturated carbocycles. The molecule has 0 aromatic heterocycles. The molecule has 0 saturated heterocycles. The minimum Gasteiger partial charge on any atom is -0.330 e. The van der Waals surface area contributed by atoms with Crippen LogP contribution >= 0.6 is 11.8 Å². The van der Waals surface area contributed by atoms with Gasteiger partial charge in [-0.15, -0.1) is 0 Å². The van der Waals surface area contributed by atoms with Crippen molar-refractivity contribution in [1.82, 2.24) is 0 Å². The molecule has 1 rings (SSSR count). The largest absolute Gasteiger partial charge is 0.330 e. The molecule has 2 N–H and O–H groups in total. The van der Waals surface area contributed by atoms with Gasteiger partial charge in [0.1, 0.15) is 0 Å². The summed E-state index contributed by atoms with van der Waals surface area (Å²) >= 11 is 2.03. The summed E-state index contributed by atoms with van der Waals surface area (Å²) in [5, 5.41) is 0. The van der Waals surface area contributed by atoms with Crippen LogP contribution in [0.15, 0.2) is 18.2 Å². The van der Waals surface area contributed by atoms with E-state index < -0.39 is 0 Å². The summed E-state index contributed by atoms with van der Waals surface area (Å²) < 4.78 is 0. The Bertz CT molecular complexity index is 351. The molecule has 18 heavy (non-hydrogen) atoms. The van der Waals surface area contributed by atoms with E-state index in [1.165, 1.54) is 35.3 Å². The molecule has 2 heteroatoms. The van der Waals surface area contributed by atoms with Crippen LogP contribution in [0.4, 0.5) is 0 Å². The molecule has 1 aromatic carbocycles. The minimum absolute atomic E-state index is 0.306. The number of hydrogen-bond donors (Lipinski definition) is 1. The van der Waals surface area contributed by atoms with Gasteiger partial charge in [0.25, 0.3) is 0 Å². The molecule has 0 atom stereocenters. The molecule has 0 heterocycles. The highest BCUT2D eigenvalue weighted by Gasteiger charge is 2.14. The maximum atomic E-state index is 5.74. The summed E-state index contributed by atoms with van der Waals surface area (Å²) in [6, 6.07) is 6.82. The molecule has 1 nitrogen and oxygen atoms in total. The summed E-state index contributed by atoms with van der Waals surface area (Å²) in [5.74, 6) is 2.36. The average Bonchev–Trinajstić information content (AvgIpc) is 2.27. The number of nitrogens with two attached hydrogens (primary N) is 1. The fourth-order valence-corrected chi connectivity index (χ4v) is 2.99. The lowest BCUT2D eigenvalue weighted by Gasteiger charge is -2.21. The van der Waals surface area contributed by atoms with Crippen LogP contribution < -0.4 is 5.73 Å². The second kappa shape index (κ2) is 7.20. The van der Waals surface area contributed by atoms with Crippen molar-refractivity contribution in [3.63, 3.8) is 0 Å². The van der Waals surface area contributed by atoms with Crippen LogP contribution in [-0.2, 0) is 5.75 Å². The number of benzene rings is 1.